The number of hydrogen-bond acceptors (Lipinski definition) is 7. The van der Waals surface area contributed by atoms with Gasteiger partial charge in [-0.25, -0.2) is 9.97 Å². The van der Waals surface area contributed by atoms with Crippen LogP contribution in [0.3, 0.4) is 0 Å². The molecule has 2 N–H and O–H groups in total. The third-order valence-electron chi connectivity index (χ3n) is 5.24. The van der Waals surface area contributed by atoms with E-state index < -0.39 is 0 Å². The van der Waals surface area contributed by atoms with Gasteiger partial charge in [-0.05, 0) is 48.2 Å². The number of nitrogens with zero attached hydrogens (tertiary/aromatic N) is 2. The zero-order valence-electron chi connectivity index (χ0n) is 18.1. The summed E-state index contributed by atoms with van der Waals surface area (Å²) >= 11 is 1.75. The average molecular weight is 435 g/mol. The van der Waals surface area contributed by atoms with Crippen LogP contribution in [0.15, 0.2) is 54.2 Å². The van der Waals surface area contributed by atoms with E-state index in [1.807, 2.05) is 19.2 Å². The molecule has 2 aromatic heterocycles. The highest BCUT2D eigenvalue weighted by Crippen LogP contribution is 2.36. The number of anilines is 1. The van der Waals surface area contributed by atoms with Gasteiger partial charge in [0.15, 0.2) is 11.5 Å². The van der Waals surface area contributed by atoms with Gasteiger partial charge < -0.3 is 20.1 Å². The Labute approximate surface area is 186 Å². The van der Waals surface area contributed by atoms with Crippen molar-refractivity contribution in [2.45, 2.75) is 19.5 Å². The van der Waals surface area contributed by atoms with Gasteiger partial charge >= 0.3 is 0 Å². The van der Waals surface area contributed by atoms with E-state index in [1.165, 1.54) is 21.6 Å². The highest BCUT2D eigenvalue weighted by Gasteiger charge is 2.15. The first-order valence-electron chi connectivity index (χ1n) is 10.1. The van der Waals surface area contributed by atoms with Gasteiger partial charge in [0.05, 0.1) is 25.8 Å². The van der Waals surface area contributed by atoms with Crippen LogP contribution in [-0.4, -0.2) is 31.2 Å². The predicted molar refractivity (Wildman–Crippen MR) is 127 cm³/mol. The van der Waals surface area contributed by atoms with Crippen molar-refractivity contribution in [2.75, 3.05) is 26.6 Å². The van der Waals surface area contributed by atoms with Gasteiger partial charge in [0.1, 0.15) is 12.1 Å². The smallest absolute Gasteiger partial charge is 0.162 e. The van der Waals surface area contributed by atoms with Crippen LogP contribution >= 0.6 is 11.3 Å². The Morgan fingerprint density at radius 2 is 1.81 bits per heavy atom. The van der Waals surface area contributed by atoms with E-state index in [1.54, 1.807) is 31.9 Å². The quantitative estimate of drug-likeness (QED) is 0.394. The van der Waals surface area contributed by atoms with Crippen LogP contribution in [0.5, 0.6) is 11.5 Å². The Morgan fingerprint density at radius 1 is 1.03 bits per heavy atom. The van der Waals surface area contributed by atoms with Gasteiger partial charge in [0.25, 0.3) is 0 Å². The number of benzene rings is 2. The van der Waals surface area contributed by atoms with Gasteiger partial charge in [0.2, 0.25) is 0 Å². The standard InChI is InChI=1S/C24H26N4O2S/c1-15(23-9-17(13-31-23)18-8-6-5-7-16(18)12-25-2)28-24-19-10-21(29-3)22(30-4)11-20(19)26-14-27-24/h5-11,13-15,25H,12H2,1-4H3,(H,26,27,28)/t15-/m1/s1. The molecule has 160 valence electrons. The summed E-state index contributed by atoms with van der Waals surface area (Å²) in [5.41, 5.74) is 4.59. The lowest BCUT2D eigenvalue weighted by Gasteiger charge is -2.16. The largest absolute Gasteiger partial charge is 0.493 e. The monoisotopic (exact) mass is 434 g/mol. The van der Waals surface area contributed by atoms with Gasteiger partial charge in [0, 0.05) is 22.9 Å². The Bertz CT molecular complexity index is 1190. The first-order valence-corrected chi connectivity index (χ1v) is 11.0. The maximum atomic E-state index is 5.46. The lowest BCUT2D eigenvalue weighted by atomic mass is 10.0. The molecule has 0 saturated heterocycles. The molecule has 4 aromatic rings. The molecule has 0 aliphatic carbocycles. The summed E-state index contributed by atoms with van der Waals surface area (Å²) in [7, 11) is 5.22. The van der Waals surface area contributed by atoms with Crippen LogP contribution in [0, 0.1) is 0 Å². The van der Waals surface area contributed by atoms with E-state index in [-0.39, 0.29) is 6.04 Å². The van der Waals surface area contributed by atoms with Gasteiger partial charge in [-0.3, -0.25) is 0 Å². The van der Waals surface area contributed by atoms with E-state index in [0.29, 0.717) is 11.5 Å². The molecular formula is C24H26N4O2S. The molecule has 0 aliphatic rings. The first kappa shape index (κ1) is 21.1. The van der Waals surface area contributed by atoms with Crippen LogP contribution in [0.25, 0.3) is 22.0 Å². The molecule has 1 atom stereocenters. The Morgan fingerprint density at radius 3 is 2.58 bits per heavy atom. The molecule has 2 heterocycles. The predicted octanol–water partition coefficient (Wildman–Crippen LogP) is 5.27. The summed E-state index contributed by atoms with van der Waals surface area (Å²) in [6.45, 7) is 2.98. The highest BCUT2D eigenvalue weighted by molar-refractivity contribution is 7.10. The van der Waals surface area contributed by atoms with Crippen molar-refractivity contribution in [3.05, 3.63) is 64.6 Å². The van der Waals surface area contributed by atoms with Gasteiger partial charge in [-0.1, -0.05) is 24.3 Å². The molecular weight excluding hydrogens is 408 g/mol. The zero-order valence-corrected chi connectivity index (χ0v) is 18.9. The maximum Gasteiger partial charge on any atom is 0.162 e. The molecule has 0 bridgehead atoms. The molecule has 0 unspecified atom stereocenters. The summed E-state index contributed by atoms with van der Waals surface area (Å²) in [5, 5.41) is 9.90. The number of thiophene rings is 1. The minimum absolute atomic E-state index is 0.0846. The Kier molecular flexibility index (Phi) is 6.34. The molecule has 6 nitrogen and oxygen atoms in total. The molecule has 7 heteroatoms. The molecule has 0 spiro atoms. The lowest BCUT2D eigenvalue weighted by Crippen LogP contribution is -2.07. The van der Waals surface area contributed by atoms with Gasteiger partial charge in [-0.15, -0.1) is 11.3 Å². The Balaban J connectivity index is 1.62. The molecule has 0 aliphatic heterocycles. The van der Waals surface area contributed by atoms with Crippen molar-refractivity contribution in [3.8, 4) is 22.6 Å². The van der Waals surface area contributed by atoms with Crippen molar-refractivity contribution >= 4 is 28.1 Å². The number of aromatic nitrogens is 2. The molecule has 0 saturated carbocycles. The van der Waals surface area contributed by atoms with E-state index in [9.17, 15) is 0 Å². The fourth-order valence-corrected chi connectivity index (χ4v) is 4.56. The van der Waals surface area contributed by atoms with Crippen LogP contribution in [0.1, 0.15) is 23.4 Å². The third kappa shape index (κ3) is 4.33. The first-order chi connectivity index (χ1) is 15.1. The van der Waals surface area contributed by atoms with Crippen molar-refractivity contribution in [1.29, 1.82) is 0 Å². The maximum absolute atomic E-state index is 5.46. The Hall–Kier alpha value is -3.16. The third-order valence-corrected chi connectivity index (χ3v) is 6.35. The van der Waals surface area contributed by atoms with E-state index in [4.69, 9.17) is 9.47 Å². The minimum atomic E-state index is 0.0846. The number of nitrogens with one attached hydrogen (secondary N) is 2. The number of fused-ring (bicyclic) bond motifs is 1. The minimum Gasteiger partial charge on any atom is -0.493 e. The summed E-state index contributed by atoms with van der Waals surface area (Å²) in [6, 6.07) is 14.6. The number of ether oxygens (including phenoxy) is 2. The number of methoxy groups -OCH3 is 2. The van der Waals surface area contributed by atoms with Crippen LogP contribution in [-0.2, 0) is 6.54 Å². The lowest BCUT2D eigenvalue weighted by molar-refractivity contribution is 0.356. The van der Waals surface area contributed by atoms with E-state index >= 15 is 0 Å². The second kappa shape index (κ2) is 9.32. The second-order valence-corrected chi connectivity index (χ2v) is 8.18. The van der Waals surface area contributed by atoms with Crippen LogP contribution in [0.4, 0.5) is 5.82 Å². The van der Waals surface area contributed by atoms with Gasteiger partial charge in [-0.2, -0.15) is 0 Å². The van der Waals surface area contributed by atoms with Crippen molar-refractivity contribution in [2.24, 2.45) is 0 Å². The highest BCUT2D eigenvalue weighted by atomic mass is 32.1. The summed E-state index contributed by atoms with van der Waals surface area (Å²) in [4.78, 5) is 10.1. The molecule has 4 rings (SSSR count). The van der Waals surface area contributed by atoms with E-state index in [2.05, 4.69) is 63.2 Å². The van der Waals surface area contributed by atoms with Crippen LogP contribution in [0.2, 0.25) is 0 Å². The molecule has 2 aromatic carbocycles. The van der Waals surface area contributed by atoms with Crippen molar-refractivity contribution in [1.82, 2.24) is 15.3 Å². The molecule has 31 heavy (non-hydrogen) atoms. The summed E-state index contributed by atoms with van der Waals surface area (Å²) in [5.74, 6) is 2.07. The number of hydrogen-bond donors (Lipinski definition) is 2. The fourth-order valence-electron chi connectivity index (χ4n) is 3.64. The fraction of sp³-hybridized carbons (Fsp3) is 0.250. The zero-order chi connectivity index (χ0) is 21.8. The van der Waals surface area contributed by atoms with Crippen molar-refractivity contribution in [3.63, 3.8) is 0 Å². The normalized spacial score (nSPS) is 12.0. The average Bonchev–Trinajstić information content (AvgIpc) is 3.29. The second-order valence-electron chi connectivity index (χ2n) is 7.24. The molecule has 0 radical (unpaired) electrons. The number of rotatable bonds is 8. The SMILES string of the molecule is CNCc1ccccc1-c1csc([C@@H](C)Nc2ncnc3cc(OC)c(OC)cc23)c1. The molecule has 0 fully saturated rings. The van der Waals surface area contributed by atoms with E-state index in [0.717, 1.165) is 23.3 Å². The van der Waals surface area contributed by atoms with Crippen LogP contribution < -0.4 is 20.1 Å². The topological polar surface area (TPSA) is 68.3 Å². The molecule has 0 amide bonds. The van der Waals surface area contributed by atoms with Crippen molar-refractivity contribution < 1.29 is 9.47 Å². The summed E-state index contributed by atoms with van der Waals surface area (Å²) in [6.07, 6.45) is 1.57. The summed E-state index contributed by atoms with van der Waals surface area (Å²) < 4.78 is 10.9.